The minimum atomic E-state index is -0.291. The van der Waals surface area contributed by atoms with Crippen molar-refractivity contribution in [2.45, 2.75) is 13.5 Å². The van der Waals surface area contributed by atoms with Gasteiger partial charge in [-0.2, -0.15) is 4.98 Å². The smallest absolute Gasteiger partial charge is 0.241 e. The van der Waals surface area contributed by atoms with E-state index in [4.69, 9.17) is 9.63 Å². The first-order valence-electron chi connectivity index (χ1n) is 5.98. The maximum atomic E-state index is 13.5. The van der Waals surface area contributed by atoms with Gasteiger partial charge >= 0.3 is 0 Å². The molecule has 0 aliphatic carbocycles. The molecule has 5 nitrogen and oxygen atoms in total. The summed E-state index contributed by atoms with van der Waals surface area (Å²) in [7, 11) is 1.84. The van der Waals surface area contributed by atoms with Crippen molar-refractivity contribution in [1.29, 1.82) is 0 Å². The van der Waals surface area contributed by atoms with Crippen molar-refractivity contribution < 1.29 is 14.0 Å². The molecular weight excluding hydrogens is 249 g/mol. The predicted octanol–water partition coefficient (Wildman–Crippen LogP) is 1.61. The molecule has 0 bridgehead atoms. The summed E-state index contributed by atoms with van der Waals surface area (Å²) in [6.07, 6.45) is 0. The predicted molar refractivity (Wildman–Crippen MR) is 67.8 cm³/mol. The number of aliphatic hydroxyl groups excluding tert-OH is 1. The van der Waals surface area contributed by atoms with Crippen molar-refractivity contribution in [3.8, 4) is 11.4 Å². The lowest BCUT2D eigenvalue weighted by molar-refractivity contribution is 0.200. The van der Waals surface area contributed by atoms with Gasteiger partial charge in [-0.1, -0.05) is 17.3 Å². The zero-order valence-electron chi connectivity index (χ0n) is 10.9. The number of rotatable bonds is 5. The van der Waals surface area contributed by atoms with Crippen LogP contribution in [0.1, 0.15) is 11.5 Å². The number of aliphatic hydroxyl groups is 1. The van der Waals surface area contributed by atoms with Crippen molar-refractivity contribution in [2.24, 2.45) is 0 Å². The van der Waals surface area contributed by atoms with Crippen molar-refractivity contribution in [2.75, 3.05) is 20.2 Å². The summed E-state index contributed by atoms with van der Waals surface area (Å²) in [6.45, 7) is 2.74. The van der Waals surface area contributed by atoms with E-state index >= 15 is 0 Å². The third kappa shape index (κ3) is 3.36. The van der Waals surface area contributed by atoms with Gasteiger partial charge in [-0.15, -0.1) is 0 Å². The highest BCUT2D eigenvalue weighted by molar-refractivity contribution is 5.54. The molecule has 0 saturated carbocycles. The Balaban J connectivity index is 2.14. The molecule has 1 N–H and O–H groups in total. The highest BCUT2D eigenvalue weighted by atomic mass is 19.1. The number of nitrogens with zero attached hydrogens (tertiary/aromatic N) is 3. The molecule has 1 aromatic heterocycles. The van der Waals surface area contributed by atoms with E-state index < -0.39 is 0 Å². The van der Waals surface area contributed by atoms with E-state index in [0.717, 1.165) is 0 Å². The van der Waals surface area contributed by atoms with Crippen LogP contribution < -0.4 is 0 Å². The second-order valence-electron chi connectivity index (χ2n) is 4.44. The maximum absolute atomic E-state index is 13.5. The van der Waals surface area contributed by atoms with Crippen molar-refractivity contribution in [3.63, 3.8) is 0 Å². The van der Waals surface area contributed by atoms with Crippen LogP contribution in [-0.2, 0) is 6.54 Å². The van der Waals surface area contributed by atoms with E-state index in [1.54, 1.807) is 19.1 Å². The molecule has 2 rings (SSSR count). The summed E-state index contributed by atoms with van der Waals surface area (Å²) >= 11 is 0. The fourth-order valence-corrected chi connectivity index (χ4v) is 1.65. The molecule has 0 spiro atoms. The number of aromatic nitrogens is 2. The standard InChI is InChI=1S/C13H16FN3O2/c1-9-3-4-10(7-11(9)14)13-15-12(19-16-13)8-17(2)5-6-18/h3-4,7,18H,5-6,8H2,1-2H3. The SMILES string of the molecule is Cc1ccc(-c2noc(CN(C)CCO)n2)cc1F. The summed E-state index contributed by atoms with van der Waals surface area (Å²) in [6, 6.07) is 4.82. The highest BCUT2D eigenvalue weighted by Crippen LogP contribution is 2.19. The van der Waals surface area contributed by atoms with Gasteiger partial charge in [0, 0.05) is 12.1 Å². The van der Waals surface area contributed by atoms with Crippen molar-refractivity contribution in [3.05, 3.63) is 35.5 Å². The molecule has 0 atom stereocenters. The largest absolute Gasteiger partial charge is 0.395 e. The van der Waals surface area contributed by atoms with Gasteiger partial charge in [0.2, 0.25) is 11.7 Å². The van der Waals surface area contributed by atoms with E-state index in [-0.39, 0.29) is 12.4 Å². The summed E-state index contributed by atoms with van der Waals surface area (Å²) in [5, 5.41) is 12.6. The molecule has 0 unspecified atom stereocenters. The molecule has 1 heterocycles. The summed E-state index contributed by atoms with van der Waals surface area (Å²) < 4.78 is 18.6. The summed E-state index contributed by atoms with van der Waals surface area (Å²) in [5.74, 6) is 0.513. The molecule has 19 heavy (non-hydrogen) atoms. The minimum absolute atomic E-state index is 0.0701. The molecule has 0 fully saturated rings. The Morgan fingerprint density at radius 1 is 1.42 bits per heavy atom. The van der Waals surface area contributed by atoms with Crippen LogP contribution in [0.5, 0.6) is 0 Å². The Labute approximate surface area is 110 Å². The van der Waals surface area contributed by atoms with Gasteiger partial charge in [0.15, 0.2) is 0 Å². The number of likely N-dealkylation sites (N-methyl/N-ethyl adjacent to an activating group) is 1. The van der Waals surface area contributed by atoms with Gasteiger partial charge in [-0.05, 0) is 25.6 Å². The molecule has 102 valence electrons. The Morgan fingerprint density at radius 2 is 2.21 bits per heavy atom. The fourth-order valence-electron chi connectivity index (χ4n) is 1.65. The summed E-state index contributed by atoms with van der Waals surface area (Å²) in [5.41, 5.74) is 1.16. The molecular formula is C13H16FN3O2. The number of hydrogen-bond acceptors (Lipinski definition) is 5. The van der Waals surface area contributed by atoms with Gasteiger partial charge in [0.1, 0.15) is 5.82 Å². The number of hydrogen-bond donors (Lipinski definition) is 1. The Morgan fingerprint density at radius 3 is 2.89 bits per heavy atom. The van der Waals surface area contributed by atoms with Gasteiger partial charge in [0.05, 0.1) is 13.2 Å². The minimum Gasteiger partial charge on any atom is -0.395 e. The second kappa shape index (κ2) is 5.90. The van der Waals surface area contributed by atoms with Gasteiger partial charge in [0.25, 0.3) is 0 Å². The molecule has 0 aliphatic heterocycles. The molecule has 0 aliphatic rings. The van der Waals surface area contributed by atoms with E-state index in [9.17, 15) is 4.39 Å². The maximum Gasteiger partial charge on any atom is 0.241 e. The monoisotopic (exact) mass is 265 g/mol. The number of aryl methyl sites for hydroxylation is 1. The Hall–Kier alpha value is -1.79. The number of halogens is 1. The topological polar surface area (TPSA) is 62.4 Å². The van der Waals surface area contributed by atoms with Crippen LogP contribution in [0, 0.1) is 12.7 Å². The first-order valence-corrected chi connectivity index (χ1v) is 5.98. The van der Waals surface area contributed by atoms with E-state index in [1.165, 1.54) is 6.07 Å². The first-order chi connectivity index (χ1) is 9.10. The lowest BCUT2D eigenvalue weighted by Gasteiger charge is -2.10. The van der Waals surface area contributed by atoms with Crippen molar-refractivity contribution in [1.82, 2.24) is 15.0 Å². The third-order valence-electron chi connectivity index (χ3n) is 2.79. The molecule has 2 aromatic rings. The van der Waals surface area contributed by atoms with Crippen LogP contribution in [0.15, 0.2) is 22.7 Å². The van der Waals surface area contributed by atoms with Gasteiger partial charge < -0.3 is 9.63 Å². The van der Waals surface area contributed by atoms with E-state index in [0.29, 0.717) is 35.9 Å². The zero-order valence-corrected chi connectivity index (χ0v) is 10.9. The van der Waals surface area contributed by atoms with Crippen LogP contribution in [-0.4, -0.2) is 40.3 Å². The molecule has 6 heteroatoms. The lowest BCUT2D eigenvalue weighted by Crippen LogP contribution is -2.21. The average Bonchev–Trinajstić information content (AvgIpc) is 2.81. The second-order valence-corrected chi connectivity index (χ2v) is 4.44. The van der Waals surface area contributed by atoms with Crippen LogP contribution in [0.25, 0.3) is 11.4 Å². The number of benzene rings is 1. The van der Waals surface area contributed by atoms with Crippen LogP contribution >= 0.6 is 0 Å². The quantitative estimate of drug-likeness (QED) is 0.889. The Bertz CT molecular complexity index is 557. The van der Waals surface area contributed by atoms with Gasteiger partial charge in [-0.3, -0.25) is 4.90 Å². The van der Waals surface area contributed by atoms with E-state index in [2.05, 4.69) is 10.1 Å². The van der Waals surface area contributed by atoms with E-state index in [1.807, 2.05) is 11.9 Å². The van der Waals surface area contributed by atoms with Crippen LogP contribution in [0.3, 0.4) is 0 Å². The Kier molecular flexibility index (Phi) is 4.24. The van der Waals surface area contributed by atoms with Gasteiger partial charge in [-0.25, -0.2) is 4.39 Å². The zero-order chi connectivity index (χ0) is 13.8. The van der Waals surface area contributed by atoms with Crippen LogP contribution in [0.4, 0.5) is 4.39 Å². The molecule has 1 aromatic carbocycles. The highest BCUT2D eigenvalue weighted by Gasteiger charge is 2.11. The molecule has 0 amide bonds. The molecule has 0 saturated heterocycles. The third-order valence-corrected chi connectivity index (χ3v) is 2.79. The average molecular weight is 265 g/mol. The first kappa shape index (κ1) is 13.6. The molecule has 0 radical (unpaired) electrons. The fraction of sp³-hybridized carbons (Fsp3) is 0.385. The summed E-state index contributed by atoms with van der Waals surface area (Å²) in [4.78, 5) is 6.06. The van der Waals surface area contributed by atoms with Crippen molar-refractivity contribution >= 4 is 0 Å². The normalized spacial score (nSPS) is 11.2. The van der Waals surface area contributed by atoms with Crippen LogP contribution in [0.2, 0.25) is 0 Å². The lowest BCUT2D eigenvalue weighted by atomic mass is 10.1.